The molecule has 0 saturated carbocycles. The highest BCUT2D eigenvalue weighted by Gasteiger charge is 2.22. The lowest BCUT2D eigenvalue weighted by atomic mass is 9.91. The molecule has 2 nitrogen and oxygen atoms in total. The molecule has 1 fully saturated rings. The Kier molecular flexibility index (Phi) is 4.90. The largest absolute Gasteiger partial charge is 0.316 e. The summed E-state index contributed by atoms with van der Waals surface area (Å²) >= 11 is 0. The Morgan fingerprint density at radius 3 is 2.29 bits per heavy atom. The molecule has 1 N–H and O–H groups in total. The molecule has 0 aliphatic carbocycles. The number of likely N-dealkylation sites (N-methyl/N-ethyl adjacent to an activating group) is 1. The van der Waals surface area contributed by atoms with Crippen LogP contribution in [0.1, 0.15) is 33.6 Å². The van der Waals surface area contributed by atoms with Crippen molar-refractivity contribution in [3.63, 3.8) is 0 Å². The number of nitrogens with one attached hydrogen (secondary N) is 1. The molecule has 3 unspecified atom stereocenters. The molecule has 0 radical (unpaired) electrons. The van der Waals surface area contributed by atoms with Crippen LogP contribution in [0.4, 0.5) is 0 Å². The fourth-order valence-corrected chi connectivity index (χ4v) is 2.68. The number of rotatable bonds is 4. The smallest absolute Gasteiger partial charge is 0.0189 e. The summed E-state index contributed by atoms with van der Waals surface area (Å²) in [6, 6.07) is 0.674. The highest BCUT2D eigenvalue weighted by molar-refractivity contribution is 4.78. The number of hydrogen-bond donors (Lipinski definition) is 1. The first kappa shape index (κ1) is 12.0. The minimum atomic E-state index is 0.674. The van der Waals surface area contributed by atoms with E-state index in [1.165, 1.54) is 32.5 Å². The third kappa shape index (κ3) is 3.58. The zero-order valence-corrected chi connectivity index (χ0v) is 10.2. The van der Waals surface area contributed by atoms with Gasteiger partial charge in [-0.05, 0) is 31.7 Å². The number of hydrogen-bond acceptors (Lipinski definition) is 2. The maximum atomic E-state index is 3.39. The maximum absolute atomic E-state index is 3.39. The van der Waals surface area contributed by atoms with E-state index in [0.29, 0.717) is 6.04 Å². The molecule has 1 saturated heterocycles. The van der Waals surface area contributed by atoms with Crippen LogP contribution in [0.15, 0.2) is 0 Å². The molecule has 1 rings (SSSR count). The summed E-state index contributed by atoms with van der Waals surface area (Å²) in [6.07, 6.45) is 2.64. The van der Waals surface area contributed by atoms with Crippen molar-refractivity contribution in [3.05, 3.63) is 0 Å². The van der Waals surface area contributed by atoms with Gasteiger partial charge in [0.1, 0.15) is 0 Å². The maximum Gasteiger partial charge on any atom is 0.0189 e. The van der Waals surface area contributed by atoms with Crippen LogP contribution in [-0.2, 0) is 0 Å². The van der Waals surface area contributed by atoms with E-state index in [1.54, 1.807) is 0 Å². The van der Waals surface area contributed by atoms with Crippen LogP contribution in [0.2, 0.25) is 0 Å². The first-order valence-corrected chi connectivity index (χ1v) is 6.05. The molecule has 3 atom stereocenters. The standard InChI is InChI=1S/C12H26N2/c1-5-12(13-4)9-14-7-10(2)6-11(3)8-14/h10-13H,5-9H2,1-4H3. The Hall–Kier alpha value is -0.0800. The van der Waals surface area contributed by atoms with Crippen molar-refractivity contribution in [1.29, 1.82) is 0 Å². The van der Waals surface area contributed by atoms with E-state index in [4.69, 9.17) is 0 Å². The van der Waals surface area contributed by atoms with Gasteiger partial charge in [0, 0.05) is 25.7 Å². The Bertz CT molecular complexity index is 144. The summed E-state index contributed by atoms with van der Waals surface area (Å²) in [4.78, 5) is 2.63. The second-order valence-corrected chi connectivity index (χ2v) is 5.06. The van der Waals surface area contributed by atoms with Crippen LogP contribution in [-0.4, -0.2) is 37.6 Å². The fourth-order valence-electron chi connectivity index (χ4n) is 2.68. The Morgan fingerprint density at radius 1 is 1.29 bits per heavy atom. The highest BCUT2D eigenvalue weighted by atomic mass is 15.2. The Balaban J connectivity index is 2.35. The molecule has 0 amide bonds. The molecule has 1 heterocycles. The van der Waals surface area contributed by atoms with Gasteiger partial charge in [-0.3, -0.25) is 0 Å². The molecule has 0 aromatic rings. The van der Waals surface area contributed by atoms with Crippen LogP contribution >= 0.6 is 0 Å². The zero-order valence-electron chi connectivity index (χ0n) is 10.2. The Morgan fingerprint density at radius 2 is 1.86 bits per heavy atom. The normalized spacial score (nSPS) is 31.7. The molecule has 0 bridgehead atoms. The van der Waals surface area contributed by atoms with Gasteiger partial charge < -0.3 is 10.2 Å². The van der Waals surface area contributed by atoms with Gasteiger partial charge in [0.25, 0.3) is 0 Å². The monoisotopic (exact) mass is 198 g/mol. The minimum absolute atomic E-state index is 0.674. The van der Waals surface area contributed by atoms with Crippen LogP contribution in [0.5, 0.6) is 0 Å². The molecule has 2 heteroatoms. The van der Waals surface area contributed by atoms with E-state index in [-0.39, 0.29) is 0 Å². The van der Waals surface area contributed by atoms with E-state index in [9.17, 15) is 0 Å². The van der Waals surface area contributed by atoms with Crippen LogP contribution in [0.3, 0.4) is 0 Å². The number of likely N-dealkylation sites (tertiary alicyclic amines) is 1. The van der Waals surface area contributed by atoms with Crippen molar-refractivity contribution < 1.29 is 0 Å². The zero-order chi connectivity index (χ0) is 10.6. The molecule has 84 valence electrons. The van der Waals surface area contributed by atoms with E-state index < -0.39 is 0 Å². The third-order valence-electron chi connectivity index (χ3n) is 3.32. The van der Waals surface area contributed by atoms with Crippen LogP contribution in [0, 0.1) is 11.8 Å². The van der Waals surface area contributed by atoms with Crippen molar-refractivity contribution in [2.75, 3.05) is 26.7 Å². The van der Waals surface area contributed by atoms with Crippen molar-refractivity contribution in [2.24, 2.45) is 11.8 Å². The highest BCUT2D eigenvalue weighted by Crippen LogP contribution is 2.20. The van der Waals surface area contributed by atoms with Gasteiger partial charge in [0.15, 0.2) is 0 Å². The number of nitrogens with zero attached hydrogens (tertiary/aromatic N) is 1. The molecule has 0 aromatic carbocycles. The summed E-state index contributed by atoms with van der Waals surface area (Å²) in [5.41, 5.74) is 0. The van der Waals surface area contributed by atoms with Crippen molar-refractivity contribution in [2.45, 2.75) is 39.7 Å². The van der Waals surface area contributed by atoms with Gasteiger partial charge in [-0.15, -0.1) is 0 Å². The fraction of sp³-hybridized carbons (Fsp3) is 1.00. The van der Waals surface area contributed by atoms with Gasteiger partial charge in [0.2, 0.25) is 0 Å². The average Bonchev–Trinajstić information content (AvgIpc) is 2.12. The third-order valence-corrected chi connectivity index (χ3v) is 3.32. The van der Waals surface area contributed by atoms with Crippen LogP contribution < -0.4 is 5.32 Å². The van der Waals surface area contributed by atoms with Crippen molar-refractivity contribution in [3.8, 4) is 0 Å². The summed E-state index contributed by atoms with van der Waals surface area (Å²) in [5, 5.41) is 3.39. The molecule has 14 heavy (non-hydrogen) atoms. The predicted molar refractivity (Wildman–Crippen MR) is 62.5 cm³/mol. The average molecular weight is 198 g/mol. The van der Waals surface area contributed by atoms with E-state index in [1.807, 2.05) is 0 Å². The second kappa shape index (κ2) is 5.72. The second-order valence-electron chi connectivity index (χ2n) is 5.06. The van der Waals surface area contributed by atoms with Gasteiger partial charge >= 0.3 is 0 Å². The molecule has 0 spiro atoms. The quantitative estimate of drug-likeness (QED) is 0.743. The summed E-state index contributed by atoms with van der Waals surface area (Å²) in [6.45, 7) is 10.8. The lowest BCUT2D eigenvalue weighted by Crippen LogP contribution is -2.45. The van der Waals surface area contributed by atoms with E-state index >= 15 is 0 Å². The van der Waals surface area contributed by atoms with Gasteiger partial charge in [-0.25, -0.2) is 0 Å². The molecule has 0 aromatic heterocycles. The minimum Gasteiger partial charge on any atom is -0.316 e. The van der Waals surface area contributed by atoms with Gasteiger partial charge in [-0.2, -0.15) is 0 Å². The van der Waals surface area contributed by atoms with Crippen molar-refractivity contribution >= 4 is 0 Å². The summed E-state index contributed by atoms with van der Waals surface area (Å²) in [7, 11) is 2.07. The summed E-state index contributed by atoms with van der Waals surface area (Å²) in [5.74, 6) is 1.77. The van der Waals surface area contributed by atoms with Gasteiger partial charge in [0.05, 0.1) is 0 Å². The Labute approximate surface area is 89.1 Å². The van der Waals surface area contributed by atoms with E-state index in [0.717, 1.165) is 11.8 Å². The first-order valence-electron chi connectivity index (χ1n) is 6.05. The summed E-state index contributed by atoms with van der Waals surface area (Å²) < 4.78 is 0. The topological polar surface area (TPSA) is 15.3 Å². The van der Waals surface area contributed by atoms with Crippen LogP contribution in [0.25, 0.3) is 0 Å². The lowest BCUT2D eigenvalue weighted by molar-refractivity contribution is 0.129. The number of piperidine rings is 1. The molecular formula is C12H26N2. The molecular weight excluding hydrogens is 172 g/mol. The van der Waals surface area contributed by atoms with Crippen molar-refractivity contribution in [1.82, 2.24) is 10.2 Å². The SMILES string of the molecule is CCC(CN1CC(C)CC(C)C1)NC. The predicted octanol–water partition coefficient (Wildman–Crippen LogP) is 1.96. The van der Waals surface area contributed by atoms with E-state index in [2.05, 4.69) is 38.0 Å². The molecule has 1 aliphatic heterocycles. The van der Waals surface area contributed by atoms with Gasteiger partial charge in [-0.1, -0.05) is 20.8 Å². The molecule has 1 aliphatic rings. The lowest BCUT2D eigenvalue weighted by Gasteiger charge is -2.36. The first-order chi connectivity index (χ1) is 6.65.